The summed E-state index contributed by atoms with van der Waals surface area (Å²) in [6.45, 7) is 2.10. The van der Waals surface area contributed by atoms with Crippen molar-refractivity contribution in [2.45, 2.75) is 43.7 Å². The molecular formula is C25H31N3O4S. The van der Waals surface area contributed by atoms with Gasteiger partial charge in [-0.15, -0.1) is 0 Å². The largest absolute Gasteiger partial charge is 0.377 e. The van der Waals surface area contributed by atoms with Crippen LogP contribution in [0.2, 0.25) is 0 Å². The summed E-state index contributed by atoms with van der Waals surface area (Å²) in [6.07, 6.45) is 1.31. The maximum atomic E-state index is 13.1. The molecule has 2 N–H and O–H groups in total. The van der Waals surface area contributed by atoms with Gasteiger partial charge in [-0.25, -0.2) is 18.6 Å². The summed E-state index contributed by atoms with van der Waals surface area (Å²) in [5, 5.41) is 1.56. The van der Waals surface area contributed by atoms with Crippen LogP contribution in [-0.2, 0) is 26.3 Å². The third kappa shape index (κ3) is 6.77. The van der Waals surface area contributed by atoms with E-state index in [2.05, 4.69) is 10.2 Å². The molecule has 7 nitrogen and oxygen atoms in total. The molecule has 0 aliphatic rings. The minimum Gasteiger partial charge on any atom is -0.377 e. The van der Waals surface area contributed by atoms with Crippen LogP contribution >= 0.6 is 0 Å². The number of hydrogen-bond donors (Lipinski definition) is 2. The Morgan fingerprint density at radius 1 is 0.970 bits per heavy atom. The average molecular weight is 470 g/mol. The summed E-state index contributed by atoms with van der Waals surface area (Å²) >= 11 is 0. The lowest BCUT2D eigenvalue weighted by atomic mass is 10.1. The standard InChI is InChI=1S/C25H31N3O4S/c1-19(10-7-17-25(29)26-32-18-20-11-5-4-6-12-20)27-33(30,31)24-16-9-13-21-22(24)14-8-15-23(21)28(2)3/h4-6,8-9,11-16,19,27H,7,10,17-18H2,1-3H3,(H,26,29). The molecule has 8 heteroatoms. The molecule has 0 bridgehead atoms. The smallest absolute Gasteiger partial charge is 0.243 e. The Labute approximate surface area is 195 Å². The number of carbonyl (C=O) groups is 1. The fourth-order valence-electron chi connectivity index (χ4n) is 3.67. The van der Waals surface area contributed by atoms with Crippen LogP contribution in [0.5, 0.6) is 0 Å². The van der Waals surface area contributed by atoms with Crippen LogP contribution < -0.4 is 15.1 Å². The number of hydrogen-bond acceptors (Lipinski definition) is 5. The van der Waals surface area contributed by atoms with E-state index in [0.29, 0.717) is 24.8 Å². The van der Waals surface area contributed by atoms with Crippen molar-refractivity contribution in [3.05, 3.63) is 72.3 Å². The van der Waals surface area contributed by atoms with Crippen molar-refractivity contribution >= 4 is 32.4 Å². The lowest BCUT2D eigenvalue weighted by Gasteiger charge is -2.18. The van der Waals surface area contributed by atoms with Crippen LogP contribution in [0, 0.1) is 0 Å². The van der Waals surface area contributed by atoms with E-state index in [4.69, 9.17) is 4.84 Å². The van der Waals surface area contributed by atoms with Crippen LogP contribution in [0.25, 0.3) is 10.8 Å². The number of sulfonamides is 1. The third-order valence-corrected chi connectivity index (χ3v) is 6.94. The molecule has 0 aliphatic heterocycles. The number of nitrogens with zero attached hydrogens (tertiary/aromatic N) is 1. The van der Waals surface area contributed by atoms with E-state index in [9.17, 15) is 13.2 Å². The summed E-state index contributed by atoms with van der Waals surface area (Å²) in [7, 11) is 0.142. The molecule has 1 amide bonds. The van der Waals surface area contributed by atoms with Gasteiger partial charge in [-0.2, -0.15) is 0 Å². The number of amides is 1. The lowest BCUT2D eigenvalue weighted by molar-refractivity contribution is -0.134. The van der Waals surface area contributed by atoms with Gasteiger partial charge < -0.3 is 4.90 Å². The normalized spacial score (nSPS) is 12.5. The second kappa shape index (κ2) is 11.3. The molecule has 0 radical (unpaired) electrons. The number of rotatable bonds is 11. The second-order valence-corrected chi connectivity index (χ2v) is 9.92. The predicted molar refractivity (Wildman–Crippen MR) is 131 cm³/mol. The van der Waals surface area contributed by atoms with Gasteiger partial charge in [0.25, 0.3) is 0 Å². The van der Waals surface area contributed by atoms with Gasteiger partial charge in [0.05, 0.1) is 11.5 Å². The van der Waals surface area contributed by atoms with Crippen molar-refractivity contribution in [1.82, 2.24) is 10.2 Å². The summed E-state index contributed by atoms with van der Waals surface area (Å²) in [5.74, 6) is -0.230. The van der Waals surface area contributed by atoms with Crippen molar-refractivity contribution in [3.8, 4) is 0 Å². The fraction of sp³-hybridized carbons (Fsp3) is 0.320. The molecule has 3 aromatic carbocycles. The zero-order valence-corrected chi connectivity index (χ0v) is 20.1. The number of fused-ring (bicyclic) bond motifs is 1. The number of hydroxylamine groups is 1. The highest BCUT2D eigenvalue weighted by atomic mass is 32.2. The third-order valence-electron chi connectivity index (χ3n) is 5.30. The first-order valence-electron chi connectivity index (χ1n) is 10.9. The van der Waals surface area contributed by atoms with Crippen molar-refractivity contribution in [2.24, 2.45) is 0 Å². The minimum atomic E-state index is -3.72. The van der Waals surface area contributed by atoms with Crippen LogP contribution in [0.4, 0.5) is 5.69 Å². The van der Waals surface area contributed by atoms with Gasteiger partial charge in [0.1, 0.15) is 0 Å². The predicted octanol–water partition coefficient (Wildman–Crippen LogP) is 3.99. The summed E-state index contributed by atoms with van der Waals surface area (Å²) in [4.78, 5) is 19.4. The van der Waals surface area contributed by atoms with E-state index in [1.807, 2.05) is 73.6 Å². The van der Waals surface area contributed by atoms with Crippen molar-refractivity contribution in [2.75, 3.05) is 19.0 Å². The fourth-order valence-corrected chi connectivity index (χ4v) is 5.17. The zero-order chi connectivity index (χ0) is 23.8. The molecule has 1 atom stereocenters. The Hall–Kier alpha value is -2.94. The Kier molecular flexibility index (Phi) is 8.43. The van der Waals surface area contributed by atoms with Gasteiger partial charge in [0, 0.05) is 43.0 Å². The second-order valence-electron chi connectivity index (χ2n) is 8.24. The first-order valence-corrected chi connectivity index (χ1v) is 12.4. The van der Waals surface area contributed by atoms with E-state index >= 15 is 0 Å². The highest BCUT2D eigenvalue weighted by molar-refractivity contribution is 7.89. The summed E-state index contributed by atoms with van der Waals surface area (Å²) < 4.78 is 28.9. The van der Waals surface area contributed by atoms with Crippen LogP contribution in [0.15, 0.2) is 71.6 Å². The van der Waals surface area contributed by atoms with E-state index in [-0.39, 0.29) is 23.3 Å². The van der Waals surface area contributed by atoms with E-state index in [1.165, 1.54) is 0 Å². The zero-order valence-electron chi connectivity index (χ0n) is 19.2. The van der Waals surface area contributed by atoms with Gasteiger partial charge in [0.15, 0.2) is 0 Å². The van der Waals surface area contributed by atoms with Crippen LogP contribution in [0.3, 0.4) is 0 Å². The average Bonchev–Trinajstić information content (AvgIpc) is 2.78. The number of benzene rings is 3. The van der Waals surface area contributed by atoms with Crippen molar-refractivity contribution in [1.29, 1.82) is 0 Å². The van der Waals surface area contributed by atoms with Gasteiger partial charge in [-0.05, 0) is 37.5 Å². The molecule has 3 rings (SSSR count). The van der Waals surface area contributed by atoms with Crippen LogP contribution in [0.1, 0.15) is 31.7 Å². The van der Waals surface area contributed by atoms with E-state index < -0.39 is 10.0 Å². The molecule has 0 saturated carbocycles. The Bertz CT molecular complexity index is 1180. The number of nitrogens with one attached hydrogen (secondary N) is 2. The molecule has 0 aliphatic carbocycles. The van der Waals surface area contributed by atoms with Gasteiger partial charge in [-0.1, -0.05) is 54.6 Å². The molecule has 0 fully saturated rings. The van der Waals surface area contributed by atoms with Gasteiger partial charge >= 0.3 is 0 Å². The molecular weight excluding hydrogens is 438 g/mol. The minimum absolute atomic E-state index is 0.230. The van der Waals surface area contributed by atoms with Crippen LogP contribution in [-0.4, -0.2) is 34.5 Å². The van der Waals surface area contributed by atoms with E-state index in [0.717, 1.165) is 16.6 Å². The molecule has 176 valence electrons. The Morgan fingerprint density at radius 3 is 2.39 bits per heavy atom. The number of anilines is 1. The Morgan fingerprint density at radius 2 is 1.67 bits per heavy atom. The lowest BCUT2D eigenvalue weighted by Crippen LogP contribution is -2.33. The molecule has 0 heterocycles. The molecule has 33 heavy (non-hydrogen) atoms. The van der Waals surface area contributed by atoms with Crippen molar-refractivity contribution < 1.29 is 18.0 Å². The highest BCUT2D eigenvalue weighted by Crippen LogP contribution is 2.30. The Balaban J connectivity index is 1.52. The molecule has 0 spiro atoms. The monoisotopic (exact) mass is 469 g/mol. The molecule has 0 aromatic heterocycles. The van der Waals surface area contributed by atoms with Gasteiger partial charge in [-0.3, -0.25) is 9.63 Å². The van der Waals surface area contributed by atoms with E-state index in [1.54, 1.807) is 19.1 Å². The quantitative estimate of drug-likeness (QED) is 0.415. The highest BCUT2D eigenvalue weighted by Gasteiger charge is 2.21. The molecule has 0 saturated heterocycles. The number of carbonyl (C=O) groups excluding carboxylic acids is 1. The first-order chi connectivity index (χ1) is 15.8. The maximum absolute atomic E-state index is 13.1. The molecule has 3 aromatic rings. The van der Waals surface area contributed by atoms with Crippen molar-refractivity contribution in [3.63, 3.8) is 0 Å². The molecule has 1 unspecified atom stereocenters. The summed E-state index contributed by atoms with van der Waals surface area (Å²) in [5.41, 5.74) is 4.35. The topological polar surface area (TPSA) is 87.7 Å². The summed E-state index contributed by atoms with van der Waals surface area (Å²) in [6, 6.07) is 20.2. The van der Waals surface area contributed by atoms with Gasteiger partial charge in [0.2, 0.25) is 15.9 Å². The maximum Gasteiger partial charge on any atom is 0.243 e. The first kappa shape index (κ1) is 24.7. The SMILES string of the molecule is CC(CCCC(=O)NOCc1ccccc1)NS(=O)(=O)c1cccc2c(N(C)C)cccc12.